The molecule has 3 heteroatoms. The molecule has 0 unspecified atom stereocenters. The van der Waals surface area contributed by atoms with Crippen LogP contribution in [0.3, 0.4) is 0 Å². The summed E-state index contributed by atoms with van der Waals surface area (Å²) in [7, 11) is 1.56. The molecule has 0 N–H and O–H groups in total. The molecule has 0 spiro atoms. The van der Waals surface area contributed by atoms with Crippen LogP contribution in [-0.4, -0.2) is 12.1 Å². The summed E-state index contributed by atoms with van der Waals surface area (Å²) in [5.41, 5.74) is 1.75. The second kappa shape index (κ2) is 4.09. The largest absolute Gasteiger partial charge is 0.481 e. The number of hydrogen-bond acceptors (Lipinski definition) is 2. The molecule has 0 aliphatic carbocycles. The third-order valence-corrected chi connectivity index (χ3v) is 2.12. The van der Waals surface area contributed by atoms with Crippen molar-refractivity contribution in [2.45, 2.75) is 0 Å². The number of hydrogen-bond donors (Lipinski definition) is 0. The monoisotopic (exact) mass is 203 g/mol. The van der Waals surface area contributed by atoms with E-state index in [0.29, 0.717) is 5.88 Å². The molecule has 1 aromatic carbocycles. The molecule has 1 aromatic heterocycles. The van der Waals surface area contributed by atoms with Crippen LogP contribution in [0.5, 0.6) is 5.88 Å². The molecule has 0 aliphatic heterocycles. The summed E-state index contributed by atoms with van der Waals surface area (Å²) in [6.07, 6.45) is 1.66. The van der Waals surface area contributed by atoms with Crippen molar-refractivity contribution in [1.29, 1.82) is 0 Å². The topological polar surface area (TPSA) is 22.1 Å². The predicted octanol–water partition coefficient (Wildman–Crippen LogP) is 2.90. The van der Waals surface area contributed by atoms with Gasteiger partial charge in [-0.05, 0) is 29.8 Å². The van der Waals surface area contributed by atoms with Crippen molar-refractivity contribution < 1.29 is 9.13 Å². The highest BCUT2D eigenvalue weighted by molar-refractivity contribution is 5.68. The Hall–Kier alpha value is -1.90. The van der Waals surface area contributed by atoms with Crippen molar-refractivity contribution in [1.82, 2.24) is 4.98 Å². The number of ether oxygens (including phenoxy) is 1. The van der Waals surface area contributed by atoms with Gasteiger partial charge < -0.3 is 4.74 Å². The first-order valence-corrected chi connectivity index (χ1v) is 4.56. The molecule has 0 saturated heterocycles. The third-order valence-electron chi connectivity index (χ3n) is 2.12. The fourth-order valence-corrected chi connectivity index (χ4v) is 1.40. The lowest BCUT2D eigenvalue weighted by atomic mass is 10.1. The highest BCUT2D eigenvalue weighted by atomic mass is 19.1. The molecule has 2 rings (SSSR count). The summed E-state index contributed by atoms with van der Waals surface area (Å²) in [5, 5.41) is 0. The van der Waals surface area contributed by atoms with Gasteiger partial charge in [0.25, 0.3) is 0 Å². The number of nitrogens with zero attached hydrogens (tertiary/aromatic N) is 1. The van der Waals surface area contributed by atoms with Crippen LogP contribution in [0.15, 0.2) is 42.6 Å². The van der Waals surface area contributed by atoms with E-state index in [1.54, 1.807) is 25.4 Å². The van der Waals surface area contributed by atoms with E-state index in [1.165, 1.54) is 12.1 Å². The Bertz CT molecular complexity index is 453. The van der Waals surface area contributed by atoms with Gasteiger partial charge in [-0.3, -0.25) is 0 Å². The predicted molar refractivity (Wildman–Crippen MR) is 56.2 cm³/mol. The number of pyridine rings is 1. The van der Waals surface area contributed by atoms with Crippen molar-refractivity contribution in [3.8, 4) is 17.0 Å². The molecule has 1 heterocycles. The van der Waals surface area contributed by atoms with Crippen molar-refractivity contribution in [3.05, 3.63) is 48.4 Å². The maximum Gasteiger partial charge on any atom is 0.221 e. The van der Waals surface area contributed by atoms with Gasteiger partial charge in [-0.25, -0.2) is 9.37 Å². The number of halogens is 1. The van der Waals surface area contributed by atoms with Crippen LogP contribution in [-0.2, 0) is 0 Å². The number of rotatable bonds is 2. The molecule has 0 atom stereocenters. The minimum absolute atomic E-state index is 0.249. The molecule has 0 saturated carbocycles. The smallest absolute Gasteiger partial charge is 0.221 e. The normalized spacial score (nSPS) is 10.0. The van der Waals surface area contributed by atoms with Gasteiger partial charge in [-0.2, -0.15) is 0 Å². The van der Waals surface area contributed by atoms with E-state index in [4.69, 9.17) is 4.74 Å². The van der Waals surface area contributed by atoms with Gasteiger partial charge >= 0.3 is 0 Å². The van der Waals surface area contributed by atoms with Gasteiger partial charge in [0.2, 0.25) is 5.88 Å². The number of benzene rings is 1. The lowest BCUT2D eigenvalue weighted by Gasteiger charge is -2.06. The molecular formula is C12H10FNO. The number of aromatic nitrogens is 1. The highest BCUT2D eigenvalue weighted by Crippen LogP contribution is 2.27. The van der Waals surface area contributed by atoms with Crippen molar-refractivity contribution in [3.63, 3.8) is 0 Å². The molecular weight excluding hydrogens is 193 g/mol. The Morgan fingerprint density at radius 3 is 2.53 bits per heavy atom. The van der Waals surface area contributed by atoms with E-state index in [2.05, 4.69) is 4.98 Å². The molecule has 0 fully saturated rings. The van der Waals surface area contributed by atoms with E-state index >= 15 is 0 Å². The lowest BCUT2D eigenvalue weighted by molar-refractivity contribution is 0.399. The molecule has 0 bridgehead atoms. The minimum atomic E-state index is -0.249. The van der Waals surface area contributed by atoms with Gasteiger partial charge in [-0.15, -0.1) is 0 Å². The zero-order valence-corrected chi connectivity index (χ0v) is 8.27. The summed E-state index contributed by atoms with van der Waals surface area (Å²) in [6.45, 7) is 0. The zero-order chi connectivity index (χ0) is 10.7. The first kappa shape index (κ1) is 9.65. The Kier molecular flexibility index (Phi) is 2.63. The molecule has 0 aliphatic rings. The fourth-order valence-electron chi connectivity index (χ4n) is 1.40. The van der Waals surface area contributed by atoms with Crippen LogP contribution in [0.1, 0.15) is 0 Å². The highest BCUT2D eigenvalue weighted by Gasteiger charge is 2.05. The number of methoxy groups -OCH3 is 1. The third kappa shape index (κ3) is 1.96. The quantitative estimate of drug-likeness (QED) is 0.748. The van der Waals surface area contributed by atoms with E-state index in [1.807, 2.05) is 12.1 Å². The minimum Gasteiger partial charge on any atom is -0.481 e. The van der Waals surface area contributed by atoms with E-state index < -0.39 is 0 Å². The molecule has 0 radical (unpaired) electrons. The summed E-state index contributed by atoms with van der Waals surface area (Å²) in [4.78, 5) is 4.08. The average Bonchev–Trinajstić information content (AvgIpc) is 2.30. The average molecular weight is 203 g/mol. The standard InChI is InChI=1S/C12H10FNO/c1-15-12-11(3-2-8-14-12)9-4-6-10(13)7-5-9/h2-8H,1H3. The van der Waals surface area contributed by atoms with Crippen LogP contribution in [0.2, 0.25) is 0 Å². The molecule has 2 aromatic rings. The Balaban J connectivity index is 2.49. The molecule has 76 valence electrons. The lowest BCUT2D eigenvalue weighted by Crippen LogP contribution is -1.90. The second-order valence-electron chi connectivity index (χ2n) is 3.07. The van der Waals surface area contributed by atoms with Crippen molar-refractivity contribution >= 4 is 0 Å². The maximum atomic E-state index is 12.7. The van der Waals surface area contributed by atoms with E-state index in [0.717, 1.165) is 11.1 Å². The van der Waals surface area contributed by atoms with Gasteiger partial charge in [0.05, 0.1) is 7.11 Å². The fraction of sp³-hybridized carbons (Fsp3) is 0.0833. The molecule has 2 nitrogen and oxygen atoms in total. The second-order valence-corrected chi connectivity index (χ2v) is 3.07. The Morgan fingerprint density at radius 1 is 1.13 bits per heavy atom. The Morgan fingerprint density at radius 2 is 1.87 bits per heavy atom. The van der Waals surface area contributed by atoms with Gasteiger partial charge in [0.15, 0.2) is 0 Å². The van der Waals surface area contributed by atoms with Gasteiger partial charge in [0.1, 0.15) is 5.82 Å². The maximum absolute atomic E-state index is 12.7. The van der Waals surface area contributed by atoms with Crippen molar-refractivity contribution in [2.24, 2.45) is 0 Å². The molecule has 0 amide bonds. The molecule has 15 heavy (non-hydrogen) atoms. The van der Waals surface area contributed by atoms with Gasteiger partial charge in [0, 0.05) is 11.8 Å². The summed E-state index contributed by atoms with van der Waals surface area (Å²) in [5.74, 6) is 0.297. The SMILES string of the molecule is COc1ncccc1-c1ccc(F)cc1. The van der Waals surface area contributed by atoms with E-state index in [-0.39, 0.29) is 5.82 Å². The first-order valence-electron chi connectivity index (χ1n) is 4.56. The van der Waals surface area contributed by atoms with Crippen molar-refractivity contribution in [2.75, 3.05) is 7.11 Å². The van der Waals surface area contributed by atoms with Crippen LogP contribution in [0.4, 0.5) is 4.39 Å². The van der Waals surface area contributed by atoms with Crippen LogP contribution >= 0.6 is 0 Å². The summed E-state index contributed by atoms with van der Waals surface area (Å²) in [6, 6.07) is 9.95. The Labute approximate surface area is 87.4 Å². The summed E-state index contributed by atoms with van der Waals surface area (Å²) >= 11 is 0. The zero-order valence-electron chi connectivity index (χ0n) is 8.27. The van der Waals surface area contributed by atoms with Crippen LogP contribution < -0.4 is 4.74 Å². The first-order chi connectivity index (χ1) is 7.31. The van der Waals surface area contributed by atoms with Crippen LogP contribution in [0, 0.1) is 5.82 Å². The summed E-state index contributed by atoms with van der Waals surface area (Å²) < 4.78 is 17.9. The van der Waals surface area contributed by atoms with E-state index in [9.17, 15) is 4.39 Å². The van der Waals surface area contributed by atoms with Crippen LogP contribution in [0.25, 0.3) is 11.1 Å². The van der Waals surface area contributed by atoms with Gasteiger partial charge in [-0.1, -0.05) is 12.1 Å².